The first-order valence-electron chi connectivity index (χ1n) is 6.65. The van der Waals surface area contributed by atoms with E-state index >= 15 is 0 Å². The van der Waals surface area contributed by atoms with E-state index in [1.165, 1.54) is 0 Å². The fourth-order valence-electron chi connectivity index (χ4n) is 2.07. The van der Waals surface area contributed by atoms with Gasteiger partial charge in [-0.05, 0) is 58.8 Å². The fraction of sp³-hybridized carbons (Fsp3) is 0.0667. The van der Waals surface area contributed by atoms with Crippen molar-refractivity contribution in [2.75, 3.05) is 5.32 Å². The number of amides is 1. The molecule has 1 heterocycles. The molecule has 1 amide bonds. The van der Waals surface area contributed by atoms with Crippen molar-refractivity contribution >= 4 is 67.6 Å². The number of aryl methyl sites for hydroxylation is 1. The third kappa shape index (κ3) is 3.39. The van der Waals surface area contributed by atoms with Gasteiger partial charge in [0.2, 0.25) is 0 Å². The summed E-state index contributed by atoms with van der Waals surface area (Å²) in [6, 6.07) is 11.0. The summed E-state index contributed by atoms with van der Waals surface area (Å²) in [6.07, 6.45) is 0. The van der Waals surface area contributed by atoms with Crippen molar-refractivity contribution in [2.24, 2.45) is 0 Å². The largest absolute Gasteiger partial charge is 0.330 e. The van der Waals surface area contributed by atoms with Crippen LogP contribution < -0.4 is 10.6 Å². The number of nitrogens with zero attached hydrogens (tertiary/aromatic N) is 2. The van der Waals surface area contributed by atoms with Gasteiger partial charge in [0.05, 0.1) is 23.0 Å². The van der Waals surface area contributed by atoms with Crippen LogP contribution in [-0.4, -0.2) is 19.8 Å². The Morgan fingerprint density at radius 2 is 2.00 bits per heavy atom. The molecule has 0 radical (unpaired) electrons. The molecule has 0 bridgehead atoms. The molecule has 0 unspecified atom stereocenters. The lowest BCUT2D eigenvalue weighted by atomic mass is 10.1. The summed E-state index contributed by atoms with van der Waals surface area (Å²) in [7, 11) is 0. The van der Waals surface area contributed by atoms with Crippen molar-refractivity contribution in [3.63, 3.8) is 0 Å². The molecule has 0 saturated carbocycles. The molecule has 0 saturated heterocycles. The minimum absolute atomic E-state index is 0.217. The Morgan fingerprint density at radius 3 is 2.78 bits per heavy atom. The molecule has 0 spiro atoms. The Bertz CT molecular complexity index is 909. The summed E-state index contributed by atoms with van der Waals surface area (Å²) in [5.41, 5.74) is 3.79. The summed E-state index contributed by atoms with van der Waals surface area (Å²) in [6.45, 7) is 1.94. The number of halogens is 1. The van der Waals surface area contributed by atoms with Gasteiger partial charge in [0, 0.05) is 4.47 Å². The van der Waals surface area contributed by atoms with E-state index in [-0.39, 0.29) is 11.0 Å². The SMILES string of the molecule is Cc1ccc2nsnc2c1NC(=S)NC(=O)c1ccccc1Br. The third-order valence-electron chi connectivity index (χ3n) is 3.22. The fourth-order valence-corrected chi connectivity index (χ4v) is 3.27. The lowest BCUT2D eigenvalue weighted by molar-refractivity contribution is 0.0977. The van der Waals surface area contributed by atoms with Gasteiger partial charge >= 0.3 is 0 Å². The standard InChI is InChI=1S/C15H11BrN4OS2/c1-8-6-7-11-13(20-23-19-11)12(8)17-15(22)18-14(21)9-4-2-3-5-10(9)16/h2-7H,1H3,(H2,17,18,21,22). The summed E-state index contributed by atoms with van der Waals surface area (Å²) >= 11 is 9.74. The van der Waals surface area contributed by atoms with Crippen LogP contribution in [0, 0.1) is 6.92 Å². The zero-order valence-corrected chi connectivity index (χ0v) is 15.2. The van der Waals surface area contributed by atoms with Crippen LogP contribution in [0.1, 0.15) is 15.9 Å². The number of thiocarbonyl (C=S) groups is 1. The molecule has 2 aromatic carbocycles. The van der Waals surface area contributed by atoms with E-state index in [1.54, 1.807) is 18.2 Å². The van der Waals surface area contributed by atoms with Crippen LogP contribution in [0.25, 0.3) is 11.0 Å². The van der Waals surface area contributed by atoms with E-state index in [4.69, 9.17) is 12.2 Å². The predicted octanol–water partition coefficient (Wildman–Crippen LogP) is 3.89. The Balaban J connectivity index is 1.79. The minimum atomic E-state index is -0.281. The second kappa shape index (κ2) is 6.69. The average Bonchev–Trinajstić information content (AvgIpc) is 2.99. The summed E-state index contributed by atoms with van der Waals surface area (Å²) in [5.74, 6) is -0.281. The molecule has 0 aliphatic rings. The molecule has 116 valence electrons. The van der Waals surface area contributed by atoms with Crippen molar-refractivity contribution < 1.29 is 4.79 Å². The van der Waals surface area contributed by atoms with Gasteiger partial charge < -0.3 is 5.32 Å². The number of rotatable bonds is 2. The van der Waals surface area contributed by atoms with Gasteiger partial charge in [0.25, 0.3) is 5.91 Å². The van der Waals surface area contributed by atoms with Crippen LogP contribution in [0.15, 0.2) is 40.9 Å². The number of nitrogens with one attached hydrogen (secondary N) is 2. The highest BCUT2D eigenvalue weighted by atomic mass is 79.9. The van der Waals surface area contributed by atoms with Gasteiger partial charge in [-0.1, -0.05) is 18.2 Å². The summed E-state index contributed by atoms with van der Waals surface area (Å²) < 4.78 is 9.18. The monoisotopic (exact) mass is 406 g/mol. The zero-order valence-electron chi connectivity index (χ0n) is 12.0. The summed E-state index contributed by atoms with van der Waals surface area (Å²) in [4.78, 5) is 12.3. The summed E-state index contributed by atoms with van der Waals surface area (Å²) in [5, 5.41) is 5.94. The normalized spacial score (nSPS) is 10.5. The lowest BCUT2D eigenvalue weighted by Crippen LogP contribution is -2.34. The van der Waals surface area contributed by atoms with E-state index in [0.717, 1.165) is 34.0 Å². The molecule has 2 N–H and O–H groups in total. The third-order valence-corrected chi connectivity index (χ3v) is 4.66. The number of fused-ring (bicyclic) bond motifs is 1. The van der Waals surface area contributed by atoms with Crippen molar-refractivity contribution in [3.05, 3.63) is 52.0 Å². The molecule has 23 heavy (non-hydrogen) atoms. The zero-order chi connectivity index (χ0) is 16.4. The van der Waals surface area contributed by atoms with E-state index in [1.807, 2.05) is 25.1 Å². The van der Waals surface area contributed by atoms with Crippen LogP contribution in [0.2, 0.25) is 0 Å². The molecule has 3 rings (SSSR count). The molecule has 0 aliphatic heterocycles. The van der Waals surface area contributed by atoms with Gasteiger partial charge in [-0.2, -0.15) is 8.75 Å². The predicted molar refractivity (Wildman–Crippen MR) is 100.0 cm³/mol. The Morgan fingerprint density at radius 1 is 1.22 bits per heavy atom. The Labute approximate surface area is 150 Å². The van der Waals surface area contributed by atoms with E-state index < -0.39 is 0 Å². The molecule has 8 heteroatoms. The highest BCUT2D eigenvalue weighted by molar-refractivity contribution is 9.10. The first kappa shape index (κ1) is 16.0. The highest BCUT2D eigenvalue weighted by Crippen LogP contribution is 2.25. The van der Waals surface area contributed by atoms with Gasteiger partial charge in [-0.3, -0.25) is 10.1 Å². The molecule has 0 aliphatic carbocycles. The number of carbonyl (C=O) groups excluding carboxylic acids is 1. The minimum Gasteiger partial charge on any atom is -0.330 e. The smallest absolute Gasteiger partial charge is 0.258 e. The second-order valence-corrected chi connectivity index (χ2v) is 6.57. The number of aromatic nitrogens is 2. The maximum Gasteiger partial charge on any atom is 0.258 e. The quantitative estimate of drug-likeness (QED) is 0.631. The number of hydrogen-bond acceptors (Lipinski definition) is 5. The van der Waals surface area contributed by atoms with Crippen LogP contribution >= 0.6 is 39.9 Å². The maximum absolute atomic E-state index is 12.3. The van der Waals surface area contributed by atoms with E-state index in [9.17, 15) is 4.79 Å². The van der Waals surface area contributed by atoms with Gasteiger partial charge in [0.1, 0.15) is 11.0 Å². The van der Waals surface area contributed by atoms with E-state index in [2.05, 4.69) is 35.3 Å². The lowest BCUT2D eigenvalue weighted by Gasteiger charge is -2.12. The van der Waals surface area contributed by atoms with Crippen LogP contribution in [-0.2, 0) is 0 Å². The Kier molecular flexibility index (Phi) is 4.65. The number of anilines is 1. The topological polar surface area (TPSA) is 66.9 Å². The molecule has 0 atom stereocenters. The van der Waals surface area contributed by atoms with Crippen molar-refractivity contribution in [1.29, 1.82) is 0 Å². The first-order valence-corrected chi connectivity index (χ1v) is 8.58. The van der Waals surface area contributed by atoms with Crippen molar-refractivity contribution in [3.8, 4) is 0 Å². The number of carbonyl (C=O) groups is 1. The van der Waals surface area contributed by atoms with Crippen molar-refractivity contribution in [2.45, 2.75) is 6.92 Å². The second-order valence-electron chi connectivity index (χ2n) is 4.78. The van der Waals surface area contributed by atoms with Gasteiger partial charge in [0.15, 0.2) is 5.11 Å². The number of hydrogen-bond donors (Lipinski definition) is 2. The van der Waals surface area contributed by atoms with Gasteiger partial charge in [-0.15, -0.1) is 0 Å². The molecule has 0 fully saturated rings. The maximum atomic E-state index is 12.3. The van der Waals surface area contributed by atoms with Crippen LogP contribution in [0.5, 0.6) is 0 Å². The Hall–Kier alpha value is -1.90. The molecule has 1 aromatic heterocycles. The van der Waals surface area contributed by atoms with Crippen LogP contribution in [0.4, 0.5) is 5.69 Å². The number of benzene rings is 2. The van der Waals surface area contributed by atoms with Crippen LogP contribution in [0.3, 0.4) is 0 Å². The average molecular weight is 407 g/mol. The van der Waals surface area contributed by atoms with Gasteiger partial charge in [-0.25, -0.2) is 0 Å². The molecular formula is C15H11BrN4OS2. The van der Waals surface area contributed by atoms with Crippen molar-refractivity contribution in [1.82, 2.24) is 14.1 Å². The first-order chi connectivity index (χ1) is 11.1. The molecule has 3 aromatic rings. The molecule has 5 nitrogen and oxygen atoms in total. The highest BCUT2D eigenvalue weighted by Gasteiger charge is 2.14. The molecular weight excluding hydrogens is 396 g/mol. The van der Waals surface area contributed by atoms with E-state index in [0.29, 0.717) is 10.0 Å².